The summed E-state index contributed by atoms with van der Waals surface area (Å²) in [6, 6.07) is 55.2. The van der Waals surface area contributed by atoms with E-state index in [1.807, 2.05) is 0 Å². The third-order valence-electron chi connectivity index (χ3n) is 17.0. The molecule has 3 heteroatoms. The van der Waals surface area contributed by atoms with Gasteiger partial charge in [0.25, 0.3) is 6.71 Å². The molecule has 2 aliphatic carbocycles. The fourth-order valence-electron chi connectivity index (χ4n) is 13.3. The first-order chi connectivity index (χ1) is 33.3. The summed E-state index contributed by atoms with van der Waals surface area (Å²) in [4.78, 5) is 5.35. The van der Waals surface area contributed by atoms with E-state index in [4.69, 9.17) is 0 Å². The maximum absolute atomic E-state index is 2.68. The van der Waals surface area contributed by atoms with E-state index in [0.717, 1.165) is 12.8 Å². The SMILES string of the molecule is Cc1cc2c3c(c1)N(c1c(C)cc(C(C)(C)C)cc1C)c1cc(C(C)(C)C)ccc1B3c1cc3c(cc1N2c1ccc2c(c1)C(C)(C)c1ccccc1-2)C(CCc1c(C)cccc1C)c1ccccc1-3. The highest BCUT2D eigenvalue weighted by atomic mass is 15.2. The Bertz CT molecular complexity index is 3470. The molecule has 4 aliphatic rings. The lowest BCUT2D eigenvalue weighted by Crippen LogP contribution is -2.61. The topological polar surface area (TPSA) is 6.48 Å². The van der Waals surface area contributed by atoms with E-state index in [1.54, 1.807) is 0 Å². The van der Waals surface area contributed by atoms with Gasteiger partial charge in [-0.3, -0.25) is 0 Å². The molecule has 0 saturated heterocycles. The van der Waals surface area contributed by atoms with Crippen LogP contribution in [0.15, 0.2) is 140 Å². The Hall–Kier alpha value is -6.58. The molecule has 0 aromatic heterocycles. The normalized spacial score (nSPS) is 15.8. The molecule has 8 aromatic carbocycles. The molecule has 1 atom stereocenters. The Labute approximate surface area is 418 Å². The van der Waals surface area contributed by atoms with Crippen molar-refractivity contribution < 1.29 is 0 Å². The van der Waals surface area contributed by atoms with E-state index in [-0.39, 0.29) is 28.9 Å². The maximum Gasteiger partial charge on any atom is 0.252 e. The summed E-state index contributed by atoms with van der Waals surface area (Å²) in [7, 11) is 0. The average Bonchev–Trinajstić information content (AvgIpc) is 3.74. The predicted octanol–water partition coefficient (Wildman–Crippen LogP) is 16.0. The molecule has 2 aliphatic heterocycles. The van der Waals surface area contributed by atoms with E-state index in [0.29, 0.717) is 0 Å². The zero-order valence-corrected chi connectivity index (χ0v) is 43.7. The van der Waals surface area contributed by atoms with Crippen LogP contribution in [0.25, 0.3) is 22.3 Å². The first kappa shape index (κ1) is 44.6. The minimum atomic E-state index is -0.137. The van der Waals surface area contributed by atoms with Crippen molar-refractivity contribution in [1.29, 1.82) is 0 Å². The molecule has 0 radical (unpaired) electrons. The van der Waals surface area contributed by atoms with Gasteiger partial charge in [-0.1, -0.05) is 159 Å². The maximum atomic E-state index is 2.68. The summed E-state index contributed by atoms with van der Waals surface area (Å²) in [5, 5.41) is 0. The Morgan fingerprint density at radius 3 is 1.81 bits per heavy atom. The molecule has 0 amide bonds. The molecule has 12 rings (SSSR count). The molecule has 8 aromatic rings. The first-order valence-electron chi connectivity index (χ1n) is 25.9. The zero-order chi connectivity index (χ0) is 48.9. The Kier molecular flexibility index (Phi) is 9.86. The van der Waals surface area contributed by atoms with Crippen LogP contribution in [-0.2, 0) is 22.7 Å². The van der Waals surface area contributed by atoms with E-state index in [2.05, 4.69) is 239 Å². The number of hydrogen-bond acceptors (Lipinski definition) is 2. The lowest BCUT2D eigenvalue weighted by atomic mass is 9.33. The molecular weight excluding hydrogens is 844 g/mol. The lowest BCUT2D eigenvalue weighted by molar-refractivity contribution is 0.589. The fraction of sp³-hybridized carbons (Fsp3) is 0.284. The monoisotopic (exact) mass is 911 g/mol. The average molecular weight is 911 g/mol. The highest BCUT2D eigenvalue weighted by molar-refractivity contribution is 7.00. The van der Waals surface area contributed by atoms with Crippen molar-refractivity contribution in [3.05, 3.63) is 206 Å². The zero-order valence-electron chi connectivity index (χ0n) is 43.7. The summed E-state index contributed by atoms with van der Waals surface area (Å²) >= 11 is 0. The van der Waals surface area contributed by atoms with Gasteiger partial charge in [0, 0.05) is 39.8 Å². The summed E-state index contributed by atoms with van der Waals surface area (Å²) in [6.45, 7) is 30.5. The predicted molar refractivity (Wildman–Crippen MR) is 301 cm³/mol. The van der Waals surface area contributed by atoms with Gasteiger partial charge in [0.05, 0.1) is 5.69 Å². The summed E-state index contributed by atoms with van der Waals surface area (Å²) in [5.74, 6) is 0.283. The molecule has 0 bridgehead atoms. The van der Waals surface area contributed by atoms with E-state index in [1.165, 1.54) is 140 Å². The van der Waals surface area contributed by atoms with Crippen molar-refractivity contribution in [2.24, 2.45) is 0 Å². The third kappa shape index (κ3) is 6.59. The van der Waals surface area contributed by atoms with Crippen molar-refractivity contribution in [1.82, 2.24) is 0 Å². The molecule has 2 heterocycles. The molecule has 0 spiro atoms. The summed E-state index contributed by atoms with van der Waals surface area (Å²) in [6.07, 6.45) is 2.10. The van der Waals surface area contributed by atoms with Crippen LogP contribution in [0.4, 0.5) is 34.1 Å². The van der Waals surface area contributed by atoms with Gasteiger partial charge in [0.2, 0.25) is 0 Å². The van der Waals surface area contributed by atoms with E-state index in [9.17, 15) is 0 Å². The minimum absolute atomic E-state index is 0.0211. The fourth-order valence-corrected chi connectivity index (χ4v) is 13.3. The lowest BCUT2D eigenvalue weighted by Gasteiger charge is -2.46. The van der Waals surface area contributed by atoms with Crippen molar-refractivity contribution in [3.63, 3.8) is 0 Å². The first-order valence-corrected chi connectivity index (χ1v) is 25.9. The number of hydrogen-bond donors (Lipinski definition) is 0. The number of anilines is 6. The van der Waals surface area contributed by atoms with Crippen LogP contribution < -0.4 is 26.2 Å². The molecule has 0 saturated carbocycles. The minimum Gasteiger partial charge on any atom is -0.311 e. The number of rotatable bonds is 5. The summed E-state index contributed by atoms with van der Waals surface area (Å²) in [5.41, 5.74) is 33.7. The summed E-state index contributed by atoms with van der Waals surface area (Å²) < 4.78 is 0. The van der Waals surface area contributed by atoms with Crippen molar-refractivity contribution in [3.8, 4) is 22.3 Å². The van der Waals surface area contributed by atoms with Gasteiger partial charge in [-0.15, -0.1) is 0 Å². The molecule has 70 heavy (non-hydrogen) atoms. The highest BCUT2D eigenvalue weighted by Crippen LogP contribution is 2.54. The van der Waals surface area contributed by atoms with Crippen molar-refractivity contribution in [2.45, 2.75) is 125 Å². The van der Waals surface area contributed by atoms with Crippen LogP contribution in [-0.4, -0.2) is 6.71 Å². The highest BCUT2D eigenvalue weighted by Gasteiger charge is 2.46. The van der Waals surface area contributed by atoms with Gasteiger partial charge in [-0.2, -0.15) is 0 Å². The Morgan fingerprint density at radius 2 is 1.11 bits per heavy atom. The van der Waals surface area contributed by atoms with Gasteiger partial charge >= 0.3 is 0 Å². The molecule has 348 valence electrons. The third-order valence-corrected chi connectivity index (χ3v) is 17.0. The second kappa shape index (κ2) is 15.5. The molecule has 1 unspecified atom stereocenters. The van der Waals surface area contributed by atoms with Crippen LogP contribution in [0, 0.1) is 34.6 Å². The van der Waals surface area contributed by atoms with Gasteiger partial charge < -0.3 is 9.80 Å². The number of fused-ring (bicyclic) bond motifs is 10. The Balaban J connectivity index is 1.15. The second-order valence-electron chi connectivity index (χ2n) is 24.0. The number of nitrogens with zero attached hydrogens (tertiary/aromatic N) is 2. The van der Waals surface area contributed by atoms with Crippen LogP contribution in [0.3, 0.4) is 0 Å². The molecular formula is C67H67BN2. The van der Waals surface area contributed by atoms with Gasteiger partial charge in [-0.25, -0.2) is 0 Å². The van der Waals surface area contributed by atoms with Crippen LogP contribution in [0.2, 0.25) is 0 Å². The largest absolute Gasteiger partial charge is 0.311 e. The van der Waals surface area contributed by atoms with Crippen LogP contribution in [0.1, 0.15) is 134 Å². The Morgan fingerprint density at radius 1 is 0.486 bits per heavy atom. The van der Waals surface area contributed by atoms with Crippen molar-refractivity contribution >= 4 is 57.2 Å². The smallest absolute Gasteiger partial charge is 0.252 e. The van der Waals surface area contributed by atoms with E-state index >= 15 is 0 Å². The second-order valence-corrected chi connectivity index (χ2v) is 24.0. The molecule has 0 fully saturated rings. The van der Waals surface area contributed by atoms with Crippen LogP contribution >= 0.6 is 0 Å². The number of aryl methyl sites for hydroxylation is 5. The number of benzene rings is 8. The van der Waals surface area contributed by atoms with E-state index < -0.39 is 0 Å². The standard InChI is InChI=1S/C67H67BN2/c1-39-31-61-63-62(32-39)70(64-42(4)33-45(34-43(64)5)66(9,10)11)59-35-44(65(6,7)8)25-30-57(59)68(63)58-37-53-49-22-15-14-21-48(49)50(29-28-47-40(2)19-18-20-41(47)3)54(53)38-60(58)69(61)46-26-27-52-51-23-16-17-24-55(51)67(12,13)56(52)36-46/h14-27,30-38,50H,28-29H2,1-13H3. The quantitative estimate of drug-likeness (QED) is 0.159. The van der Waals surface area contributed by atoms with Gasteiger partial charge in [0.1, 0.15) is 0 Å². The molecule has 0 N–H and O–H groups in total. The molecule has 2 nitrogen and oxygen atoms in total. The van der Waals surface area contributed by atoms with Crippen LogP contribution in [0.5, 0.6) is 0 Å². The van der Waals surface area contributed by atoms with Crippen molar-refractivity contribution in [2.75, 3.05) is 9.80 Å². The van der Waals surface area contributed by atoms with Gasteiger partial charge in [0.15, 0.2) is 0 Å². The van der Waals surface area contributed by atoms with Gasteiger partial charge in [-0.05, 0) is 200 Å².